The van der Waals surface area contributed by atoms with Crippen LogP contribution in [0.5, 0.6) is 5.88 Å². The van der Waals surface area contributed by atoms with Crippen molar-refractivity contribution >= 4 is 28.6 Å². The number of fused-ring (bicyclic) bond motifs is 7. The number of pyridine rings is 1. The number of nitrogens with zero attached hydrogens (tertiary/aromatic N) is 6. The first-order valence-electron chi connectivity index (χ1n) is 14.2. The van der Waals surface area contributed by atoms with Gasteiger partial charge in [0.15, 0.2) is 0 Å². The van der Waals surface area contributed by atoms with Crippen molar-refractivity contribution in [2.45, 2.75) is 39.2 Å². The van der Waals surface area contributed by atoms with Crippen LogP contribution in [0.4, 0.5) is 11.6 Å². The van der Waals surface area contributed by atoms with Gasteiger partial charge in [-0.3, -0.25) is 15.1 Å². The summed E-state index contributed by atoms with van der Waals surface area (Å²) in [4.78, 5) is 25.4. The molecule has 4 aromatic rings. The molecule has 3 aromatic heterocycles. The third-order valence-corrected chi connectivity index (χ3v) is 7.90. The van der Waals surface area contributed by atoms with Crippen LogP contribution in [0.3, 0.4) is 0 Å². The molecular weight excluding hydrogens is 504 g/mol. The summed E-state index contributed by atoms with van der Waals surface area (Å²) in [5, 5.41) is 11.1. The lowest BCUT2D eigenvalue weighted by Crippen LogP contribution is -2.21. The number of hydrogen-bond acceptors (Lipinski definition) is 7. The third kappa shape index (κ3) is 5.54. The van der Waals surface area contributed by atoms with Gasteiger partial charge in [-0.1, -0.05) is 0 Å². The summed E-state index contributed by atoms with van der Waals surface area (Å²) in [7, 11) is 6.01. The number of aryl methyl sites for hydroxylation is 2. The molecule has 1 aromatic carbocycles. The molecule has 2 N–H and O–H groups in total. The van der Waals surface area contributed by atoms with E-state index >= 15 is 0 Å². The van der Waals surface area contributed by atoms with Crippen LogP contribution in [-0.2, 0) is 13.6 Å². The van der Waals surface area contributed by atoms with Crippen LogP contribution in [0, 0.1) is 18.8 Å². The second kappa shape index (κ2) is 10.9. The summed E-state index contributed by atoms with van der Waals surface area (Å²) < 4.78 is 10.2. The Hall–Kier alpha value is -3.92. The van der Waals surface area contributed by atoms with Gasteiger partial charge in [0.2, 0.25) is 11.8 Å². The minimum atomic E-state index is -0.211. The monoisotopic (exact) mass is 542 g/mol. The van der Waals surface area contributed by atoms with Gasteiger partial charge in [-0.05, 0) is 88.9 Å². The van der Waals surface area contributed by atoms with Crippen LogP contribution in [0.2, 0.25) is 0 Å². The smallest absolute Gasteiger partial charge is 0.258 e. The number of anilines is 2. The maximum atomic E-state index is 13.7. The maximum Gasteiger partial charge on any atom is 0.258 e. The number of benzene rings is 1. The average molecular weight is 543 g/mol. The number of carbonyl (C=O) groups excluding carboxylic acids is 1. The quantitative estimate of drug-likeness (QED) is 0.381. The summed E-state index contributed by atoms with van der Waals surface area (Å²) in [6, 6.07) is 9.87. The van der Waals surface area contributed by atoms with Crippen molar-refractivity contribution in [3.63, 3.8) is 0 Å². The van der Waals surface area contributed by atoms with E-state index in [1.807, 2.05) is 20.0 Å². The van der Waals surface area contributed by atoms with E-state index in [4.69, 9.17) is 14.7 Å². The molecule has 0 saturated heterocycles. The van der Waals surface area contributed by atoms with Gasteiger partial charge in [-0.25, -0.2) is 9.67 Å². The molecule has 0 radical (unpaired) electrons. The van der Waals surface area contributed by atoms with E-state index < -0.39 is 0 Å². The maximum absolute atomic E-state index is 13.7. The summed E-state index contributed by atoms with van der Waals surface area (Å²) in [6.45, 7) is 5.09. The van der Waals surface area contributed by atoms with E-state index in [-0.39, 0.29) is 5.91 Å². The summed E-state index contributed by atoms with van der Waals surface area (Å²) >= 11 is 0. The number of hydrogen-bond donors (Lipinski definition) is 2. The number of rotatable bonds is 5. The van der Waals surface area contributed by atoms with Gasteiger partial charge in [-0.2, -0.15) is 5.10 Å². The molecular formula is C30H38N8O2. The average Bonchev–Trinajstić information content (AvgIpc) is 3.62. The van der Waals surface area contributed by atoms with Crippen molar-refractivity contribution in [2.24, 2.45) is 18.9 Å². The number of ether oxygens (including phenoxy) is 1. The predicted molar refractivity (Wildman–Crippen MR) is 157 cm³/mol. The molecule has 4 heterocycles. The molecule has 10 heteroatoms. The Labute approximate surface area is 234 Å². The molecule has 1 fully saturated rings. The third-order valence-electron chi connectivity index (χ3n) is 7.90. The lowest BCUT2D eigenvalue weighted by molar-refractivity contribution is 0.102. The highest BCUT2D eigenvalue weighted by Crippen LogP contribution is 2.41. The fourth-order valence-corrected chi connectivity index (χ4v) is 5.61. The van der Waals surface area contributed by atoms with Crippen LogP contribution >= 0.6 is 0 Å². The molecule has 1 aliphatic carbocycles. The van der Waals surface area contributed by atoms with Crippen molar-refractivity contribution in [3.05, 3.63) is 47.8 Å². The van der Waals surface area contributed by atoms with E-state index in [2.05, 4.69) is 51.4 Å². The van der Waals surface area contributed by atoms with Crippen molar-refractivity contribution < 1.29 is 9.53 Å². The Bertz CT molecular complexity index is 1530. The normalized spacial score (nSPS) is 17.9. The zero-order chi connectivity index (χ0) is 27.8. The second-order valence-electron chi connectivity index (χ2n) is 11.4. The number of amides is 1. The summed E-state index contributed by atoms with van der Waals surface area (Å²) in [6.07, 6.45) is 6.23. The molecule has 2 bridgehead atoms. The lowest BCUT2D eigenvalue weighted by atomic mass is 9.97. The number of likely N-dealkylation sites (N-methyl/N-ethyl adjacent to an activating group) is 1. The number of aromatic nitrogens is 5. The van der Waals surface area contributed by atoms with Crippen LogP contribution in [0.1, 0.15) is 41.7 Å². The van der Waals surface area contributed by atoms with Crippen molar-refractivity contribution in [3.8, 4) is 17.1 Å². The fourth-order valence-electron chi connectivity index (χ4n) is 5.61. The number of imidazole rings is 1. The van der Waals surface area contributed by atoms with Crippen LogP contribution in [0.15, 0.2) is 36.5 Å². The van der Waals surface area contributed by atoms with Crippen LogP contribution in [-0.4, -0.2) is 68.9 Å². The van der Waals surface area contributed by atoms with Gasteiger partial charge < -0.3 is 19.5 Å². The van der Waals surface area contributed by atoms with Crippen LogP contribution in [0.25, 0.3) is 22.3 Å². The highest BCUT2D eigenvalue weighted by Gasteiger charge is 2.32. The lowest BCUT2D eigenvalue weighted by Gasteiger charge is -2.20. The first-order valence-corrected chi connectivity index (χ1v) is 14.2. The molecule has 0 spiro atoms. The molecule has 1 amide bonds. The number of carbonyl (C=O) groups is 1. The highest BCUT2D eigenvalue weighted by molar-refractivity contribution is 6.05. The first-order chi connectivity index (χ1) is 19.4. The fraction of sp³-hybridized carbons (Fsp3) is 0.467. The topological polar surface area (TPSA) is 102 Å². The molecule has 1 aliphatic heterocycles. The minimum absolute atomic E-state index is 0.211. The predicted octanol–water partition coefficient (Wildman–Crippen LogP) is 4.56. The van der Waals surface area contributed by atoms with E-state index in [0.29, 0.717) is 41.5 Å². The molecule has 1 saturated carbocycles. The Balaban J connectivity index is 1.40. The molecule has 40 heavy (non-hydrogen) atoms. The Morgan fingerprint density at radius 3 is 2.77 bits per heavy atom. The molecule has 1 unspecified atom stereocenters. The van der Waals surface area contributed by atoms with Gasteiger partial charge in [-0.15, -0.1) is 0 Å². The van der Waals surface area contributed by atoms with Gasteiger partial charge in [0.25, 0.3) is 5.91 Å². The van der Waals surface area contributed by atoms with Crippen molar-refractivity contribution in [1.82, 2.24) is 29.2 Å². The summed E-state index contributed by atoms with van der Waals surface area (Å²) in [5.74, 6) is 2.21. The van der Waals surface area contributed by atoms with E-state index in [9.17, 15) is 4.79 Å². The Morgan fingerprint density at radius 1 is 1.12 bits per heavy atom. The standard InChI is InChI=1S/C30H38N8O2/c1-19-14-22-15-26(33-19)24-17-32-37(4)29(24)40-13-5-6-21(20-7-8-20)18-38-27-16-23(31-11-12-36(2)3)9-10-25(27)34-30(38)35-28(22)39/h9-10,14-17,20-21,31H,5-8,11-13,18H2,1-4H3,(H,34,35,39). The molecule has 210 valence electrons. The van der Waals surface area contributed by atoms with Gasteiger partial charge >= 0.3 is 0 Å². The zero-order valence-corrected chi connectivity index (χ0v) is 23.8. The Kier molecular flexibility index (Phi) is 7.18. The largest absolute Gasteiger partial charge is 0.477 e. The highest BCUT2D eigenvalue weighted by atomic mass is 16.5. The Morgan fingerprint density at radius 2 is 1.98 bits per heavy atom. The van der Waals surface area contributed by atoms with E-state index in [0.717, 1.165) is 60.5 Å². The van der Waals surface area contributed by atoms with Crippen molar-refractivity contribution in [2.75, 3.05) is 44.4 Å². The first kappa shape index (κ1) is 26.3. The van der Waals surface area contributed by atoms with Gasteiger partial charge in [0.05, 0.1) is 35.1 Å². The molecule has 6 rings (SSSR count). The van der Waals surface area contributed by atoms with Crippen molar-refractivity contribution in [1.29, 1.82) is 0 Å². The molecule has 2 aliphatic rings. The molecule has 10 nitrogen and oxygen atoms in total. The number of nitrogens with one attached hydrogen (secondary N) is 2. The second-order valence-corrected chi connectivity index (χ2v) is 11.4. The van der Waals surface area contributed by atoms with E-state index in [1.165, 1.54) is 12.8 Å². The van der Waals surface area contributed by atoms with Gasteiger partial charge in [0, 0.05) is 43.6 Å². The summed E-state index contributed by atoms with van der Waals surface area (Å²) in [5.41, 5.74) is 5.68. The van der Waals surface area contributed by atoms with Crippen LogP contribution < -0.4 is 15.4 Å². The molecule has 1 atom stereocenters. The minimum Gasteiger partial charge on any atom is -0.477 e. The van der Waals surface area contributed by atoms with E-state index in [1.54, 1.807) is 23.0 Å². The SMILES string of the molecule is Cc1cc2cc(n1)-c1cnn(C)c1OCCCC(C1CC1)Cn1c(nc3ccc(NCCN(C)C)cc31)NC2=O. The zero-order valence-electron chi connectivity index (χ0n) is 23.8. The van der Waals surface area contributed by atoms with Gasteiger partial charge in [0.1, 0.15) is 0 Å².